The van der Waals surface area contributed by atoms with Gasteiger partial charge < -0.3 is 19.5 Å². The van der Waals surface area contributed by atoms with Crippen LogP contribution in [-0.4, -0.2) is 25.1 Å². The molecule has 3 rings (SSSR count). The van der Waals surface area contributed by atoms with Gasteiger partial charge in [-0.3, -0.25) is 4.79 Å². The molecule has 0 aromatic heterocycles. The average Bonchev–Trinajstić information content (AvgIpc) is 2.73. The van der Waals surface area contributed by atoms with Crippen molar-refractivity contribution < 1.29 is 37.0 Å². The molecular weight excluding hydrogens is 427 g/mol. The van der Waals surface area contributed by atoms with E-state index in [1.807, 2.05) is 0 Å². The summed E-state index contributed by atoms with van der Waals surface area (Å²) in [6, 6.07) is 10.9. The van der Waals surface area contributed by atoms with Crippen molar-refractivity contribution in [2.45, 2.75) is 12.3 Å². The lowest BCUT2D eigenvalue weighted by Crippen LogP contribution is -2.28. The minimum absolute atomic E-state index is 0.133. The van der Waals surface area contributed by atoms with Gasteiger partial charge in [-0.25, -0.2) is 4.79 Å². The molecule has 2 aromatic rings. The maximum Gasteiger partial charge on any atom is 0.417 e. The van der Waals surface area contributed by atoms with Crippen LogP contribution in [0.2, 0.25) is 5.02 Å². The minimum Gasteiger partial charge on any atom is -0.493 e. The van der Waals surface area contributed by atoms with Gasteiger partial charge in [0.15, 0.2) is 0 Å². The van der Waals surface area contributed by atoms with Crippen LogP contribution in [0.3, 0.4) is 0 Å². The Hall–Kier alpha value is -3.20. The molecule has 1 N–H and O–H groups in total. The second-order valence-corrected chi connectivity index (χ2v) is 6.49. The highest BCUT2D eigenvalue weighted by Gasteiger charge is 2.34. The van der Waals surface area contributed by atoms with Crippen molar-refractivity contribution >= 4 is 29.2 Å². The van der Waals surface area contributed by atoms with Gasteiger partial charge in [0.25, 0.3) is 5.91 Å². The number of alkyl halides is 3. The highest BCUT2D eigenvalue weighted by molar-refractivity contribution is 6.31. The number of ether oxygens (including phenoxy) is 3. The molecular formula is C20H15ClF3NO5. The lowest BCUT2D eigenvalue weighted by atomic mass is 10.1. The number of amides is 1. The first-order chi connectivity index (χ1) is 14.3. The Bertz CT molecular complexity index is 963. The Kier molecular flexibility index (Phi) is 6.51. The van der Waals surface area contributed by atoms with Crippen LogP contribution in [0.15, 0.2) is 60.6 Å². The monoisotopic (exact) mass is 441 g/mol. The molecule has 10 heteroatoms. The average molecular weight is 442 g/mol. The summed E-state index contributed by atoms with van der Waals surface area (Å²) in [6.45, 7) is 0.394. The molecule has 0 saturated carbocycles. The number of carbonyl (C=O) groups excluding carboxylic acids is 2. The molecule has 0 spiro atoms. The zero-order valence-electron chi connectivity index (χ0n) is 15.2. The fourth-order valence-electron chi connectivity index (χ4n) is 2.57. The van der Waals surface area contributed by atoms with E-state index >= 15 is 0 Å². The zero-order valence-corrected chi connectivity index (χ0v) is 16.0. The maximum absolute atomic E-state index is 13.1. The Morgan fingerprint density at radius 1 is 1.10 bits per heavy atom. The highest BCUT2D eigenvalue weighted by atomic mass is 35.5. The second kappa shape index (κ2) is 9.08. The van der Waals surface area contributed by atoms with E-state index in [0.29, 0.717) is 11.6 Å². The number of benzene rings is 2. The van der Waals surface area contributed by atoms with E-state index in [4.69, 9.17) is 25.8 Å². The predicted octanol–water partition coefficient (Wildman–Crippen LogP) is 4.47. The molecule has 1 amide bonds. The summed E-state index contributed by atoms with van der Waals surface area (Å²) >= 11 is 5.60. The first kappa shape index (κ1) is 21.5. The van der Waals surface area contributed by atoms with E-state index in [2.05, 4.69) is 5.32 Å². The van der Waals surface area contributed by atoms with Crippen LogP contribution >= 0.6 is 11.6 Å². The molecule has 0 bridgehead atoms. The summed E-state index contributed by atoms with van der Waals surface area (Å²) in [5.74, 6) is -2.03. The van der Waals surface area contributed by atoms with Gasteiger partial charge in [-0.05, 0) is 18.2 Å². The van der Waals surface area contributed by atoms with Gasteiger partial charge in [0.05, 0.1) is 10.6 Å². The standard InChI is InChI=1S/C20H15ClF3NO5/c21-15-7-6-13(10-14(15)20(22,23)24)25-18(26)17(12-4-2-1-3-5-12)30-19(27)16-11-28-8-9-29-16/h1-7,10-11,17H,8-9H2,(H,25,26)/t17-/m1/s1. The zero-order chi connectivity index (χ0) is 21.7. The summed E-state index contributed by atoms with van der Waals surface area (Å²) in [4.78, 5) is 25.1. The SMILES string of the molecule is O=C(O[C@@H](C(=O)Nc1ccc(Cl)c(C(F)(F)F)c1)c1ccccc1)C1=COCCO1. The molecule has 0 unspecified atom stereocenters. The van der Waals surface area contributed by atoms with Crippen molar-refractivity contribution in [3.05, 3.63) is 76.7 Å². The Morgan fingerprint density at radius 2 is 1.83 bits per heavy atom. The molecule has 0 fully saturated rings. The van der Waals surface area contributed by atoms with E-state index in [1.54, 1.807) is 18.2 Å². The van der Waals surface area contributed by atoms with Gasteiger partial charge in [-0.1, -0.05) is 41.9 Å². The van der Waals surface area contributed by atoms with E-state index in [1.165, 1.54) is 18.2 Å². The predicted molar refractivity (Wildman–Crippen MR) is 100 cm³/mol. The van der Waals surface area contributed by atoms with Crippen molar-refractivity contribution in [1.29, 1.82) is 0 Å². The summed E-state index contributed by atoms with van der Waals surface area (Å²) < 4.78 is 54.6. The summed E-state index contributed by atoms with van der Waals surface area (Å²) in [6.07, 6.45) is -5.08. The molecule has 1 atom stereocenters. The van der Waals surface area contributed by atoms with Crippen molar-refractivity contribution in [3.8, 4) is 0 Å². The number of anilines is 1. The molecule has 1 aliphatic heterocycles. The van der Waals surface area contributed by atoms with E-state index in [0.717, 1.165) is 12.3 Å². The van der Waals surface area contributed by atoms with Crippen LogP contribution in [-0.2, 0) is 30.0 Å². The second-order valence-electron chi connectivity index (χ2n) is 6.08. The Labute approximate surface area is 174 Å². The first-order valence-electron chi connectivity index (χ1n) is 8.64. The van der Waals surface area contributed by atoms with Crippen molar-refractivity contribution in [2.75, 3.05) is 18.5 Å². The van der Waals surface area contributed by atoms with Crippen LogP contribution in [0.5, 0.6) is 0 Å². The van der Waals surface area contributed by atoms with Crippen molar-refractivity contribution in [1.82, 2.24) is 0 Å². The molecule has 6 nitrogen and oxygen atoms in total. The quantitative estimate of drug-likeness (QED) is 0.693. The summed E-state index contributed by atoms with van der Waals surface area (Å²) in [5.41, 5.74) is -0.955. The molecule has 1 aliphatic rings. The Morgan fingerprint density at radius 3 is 2.47 bits per heavy atom. The minimum atomic E-state index is -4.70. The third-order valence-corrected chi connectivity index (χ3v) is 4.28. The van der Waals surface area contributed by atoms with Gasteiger partial charge in [-0.2, -0.15) is 13.2 Å². The molecule has 2 aromatic carbocycles. The third-order valence-electron chi connectivity index (χ3n) is 3.95. The lowest BCUT2D eigenvalue weighted by molar-refractivity contribution is -0.155. The van der Waals surface area contributed by atoms with Crippen LogP contribution in [0, 0.1) is 0 Å². The molecule has 0 aliphatic carbocycles. The Balaban J connectivity index is 1.84. The van der Waals surface area contributed by atoms with Gasteiger partial charge in [0, 0.05) is 11.3 Å². The lowest BCUT2D eigenvalue weighted by Gasteiger charge is -2.20. The molecule has 0 saturated heterocycles. The number of carbonyl (C=O) groups is 2. The number of rotatable bonds is 5. The van der Waals surface area contributed by atoms with Gasteiger partial charge in [0.2, 0.25) is 11.9 Å². The topological polar surface area (TPSA) is 73.9 Å². The van der Waals surface area contributed by atoms with E-state index in [-0.39, 0.29) is 24.7 Å². The van der Waals surface area contributed by atoms with Crippen LogP contribution in [0.1, 0.15) is 17.2 Å². The van der Waals surface area contributed by atoms with Gasteiger partial charge >= 0.3 is 12.1 Å². The number of hydrogen-bond donors (Lipinski definition) is 1. The van der Waals surface area contributed by atoms with Crippen molar-refractivity contribution in [3.63, 3.8) is 0 Å². The number of halogens is 4. The number of nitrogens with one attached hydrogen (secondary N) is 1. The largest absolute Gasteiger partial charge is 0.493 e. The first-order valence-corrected chi connectivity index (χ1v) is 9.01. The number of esters is 1. The smallest absolute Gasteiger partial charge is 0.417 e. The van der Waals surface area contributed by atoms with Gasteiger partial charge in [0.1, 0.15) is 19.5 Å². The van der Waals surface area contributed by atoms with E-state index in [9.17, 15) is 22.8 Å². The molecule has 158 valence electrons. The molecule has 30 heavy (non-hydrogen) atoms. The third kappa shape index (κ3) is 5.24. The van der Waals surface area contributed by atoms with Crippen LogP contribution in [0.25, 0.3) is 0 Å². The number of hydrogen-bond acceptors (Lipinski definition) is 5. The summed E-state index contributed by atoms with van der Waals surface area (Å²) in [5, 5.41) is 1.82. The fourth-order valence-corrected chi connectivity index (χ4v) is 2.79. The highest BCUT2D eigenvalue weighted by Crippen LogP contribution is 2.36. The van der Waals surface area contributed by atoms with Gasteiger partial charge in [-0.15, -0.1) is 0 Å². The summed E-state index contributed by atoms with van der Waals surface area (Å²) in [7, 11) is 0. The fraction of sp³-hybridized carbons (Fsp3) is 0.200. The van der Waals surface area contributed by atoms with Crippen molar-refractivity contribution in [2.24, 2.45) is 0 Å². The van der Waals surface area contributed by atoms with E-state index < -0.39 is 34.7 Å². The molecule has 0 radical (unpaired) electrons. The van der Waals surface area contributed by atoms with Crippen LogP contribution in [0.4, 0.5) is 18.9 Å². The normalized spacial score (nSPS) is 14.6. The maximum atomic E-state index is 13.1. The van der Waals surface area contributed by atoms with Crippen LogP contribution < -0.4 is 5.32 Å². The molecule has 1 heterocycles.